The summed E-state index contributed by atoms with van der Waals surface area (Å²) in [5.41, 5.74) is 5.14. The van der Waals surface area contributed by atoms with Gasteiger partial charge in [-0.1, -0.05) is 30.3 Å². The van der Waals surface area contributed by atoms with Crippen LogP contribution >= 0.6 is 0 Å². The van der Waals surface area contributed by atoms with E-state index in [1.807, 2.05) is 48.7 Å². The zero-order chi connectivity index (χ0) is 16.7. The van der Waals surface area contributed by atoms with Crippen molar-refractivity contribution < 1.29 is 14.3 Å². The first-order chi connectivity index (χ1) is 11.1. The number of amides is 1. The molecule has 23 heavy (non-hydrogen) atoms. The van der Waals surface area contributed by atoms with E-state index in [9.17, 15) is 4.79 Å². The molecule has 5 heteroatoms. The van der Waals surface area contributed by atoms with Crippen molar-refractivity contribution in [2.24, 2.45) is 5.84 Å². The van der Waals surface area contributed by atoms with E-state index in [4.69, 9.17) is 15.3 Å². The maximum Gasteiger partial charge on any atom is 0.257 e. The Labute approximate surface area is 135 Å². The summed E-state index contributed by atoms with van der Waals surface area (Å²) in [5, 5.41) is 0. The van der Waals surface area contributed by atoms with Gasteiger partial charge in [-0.2, -0.15) is 0 Å². The second-order valence-electron chi connectivity index (χ2n) is 4.97. The minimum Gasteiger partial charge on any atom is -0.493 e. The molecule has 2 rings (SSSR count). The number of carbonyl (C=O) groups is 1. The standard InChI is InChI=1S/C18H20N2O3/c1-13-5-3-4-6-15(13)12-23-17-11-14(7-9-16(17)22-2)8-10-18(21)20-19/h3-11H,12,19H2,1-2H3,(H,20,21)/b10-8+. The van der Waals surface area contributed by atoms with Crippen molar-refractivity contribution in [1.82, 2.24) is 5.43 Å². The quantitative estimate of drug-likeness (QED) is 0.372. The average molecular weight is 312 g/mol. The van der Waals surface area contributed by atoms with Gasteiger partial charge >= 0.3 is 0 Å². The second-order valence-corrected chi connectivity index (χ2v) is 4.97. The number of methoxy groups -OCH3 is 1. The van der Waals surface area contributed by atoms with Crippen LogP contribution in [-0.4, -0.2) is 13.0 Å². The molecule has 3 N–H and O–H groups in total. The normalized spacial score (nSPS) is 10.6. The number of carbonyl (C=O) groups excluding carboxylic acids is 1. The third kappa shape index (κ3) is 4.59. The van der Waals surface area contributed by atoms with E-state index in [1.165, 1.54) is 11.6 Å². The van der Waals surface area contributed by atoms with Crippen LogP contribution in [0.5, 0.6) is 11.5 Å². The molecule has 1 amide bonds. The van der Waals surface area contributed by atoms with E-state index in [2.05, 4.69) is 0 Å². The smallest absolute Gasteiger partial charge is 0.257 e. The average Bonchev–Trinajstić information content (AvgIpc) is 2.59. The van der Waals surface area contributed by atoms with Crippen LogP contribution in [0.1, 0.15) is 16.7 Å². The monoisotopic (exact) mass is 312 g/mol. The Hall–Kier alpha value is -2.79. The third-order valence-corrected chi connectivity index (χ3v) is 3.40. The van der Waals surface area contributed by atoms with E-state index >= 15 is 0 Å². The predicted molar refractivity (Wildman–Crippen MR) is 89.9 cm³/mol. The third-order valence-electron chi connectivity index (χ3n) is 3.40. The van der Waals surface area contributed by atoms with E-state index in [-0.39, 0.29) is 5.91 Å². The van der Waals surface area contributed by atoms with Crippen LogP contribution in [0.2, 0.25) is 0 Å². The van der Waals surface area contributed by atoms with Gasteiger partial charge in [-0.05, 0) is 41.8 Å². The molecular weight excluding hydrogens is 292 g/mol. The van der Waals surface area contributed by atoms with E-state index in [1.54, 1.807) is 19.3 Å². The van der Waals surface area contributed by atoms with Crippen molar-refractivity contribution in [3.05, 3.63) is 65.2 Å². The van der Waals surface area contributed by atoms with Gasteiger partial charge < -0.3 is 9.47 Å². The van der Waals surface area contributed by atoms with Crippen LogP contribution in [0, 0.1) is 6.92 Å². The Kier molecular flexibility index (Phi) is 5.77. The summed E-state index contributed by atoms with van der Waals surface area (Å²) in [4.78, 5) is 11.2. The number of ether oxygens (including phenoxy) is 2. The lowest BCUT2D eigenvalue weighted by molar-refractivity contribution is -0.116. The molecule has 5 nitrogen and oxygen atoms in total. The molecule has 0 fully saturated rings. The molecule has 0 saturated heterocycles. The summed E-state index contributed by atoms with van der Waals surface area (Å²) in [6.45, 7) is 2.49. The lowest BCUT2D eigenvalue weighted by Crippen LogP contribution is -2.27. The number of nitrogens with two attached hydrogens (primary N) is 1. The van der Waals surface area contributed by atoms with Crippen molar-refractivity contribution in [2.45, 2.75) is 13.5 Å². The van der Waals surface area contributed by atoms with Crippen molar-refractivity contribution in [3.63, 3.8) is 0 Å². The minimum atomic E-state index is -0.372. The highest BCUT2D eigenvalue weighted by atomic mass is 16.5. The molecule has 0 aliphatic heterocycles. The minimum absolute atomic E-state index is 0.372. The highest BCUT2D eigenvalue weighted by Crippen LogP contribution is 2.29. The first-order valence-corrected chi connectivity index (χ1v) is 7.18. The largest absolute Gasteiger partial charge is 0.493 e. The Morgan fingerprint density at radius 2 is 2.00 bits per heavy atom. The van der Waals surface area contributed by atoms with Gasteiger partial charge in [0.15, 0.2) is 11.5 Å². The molecule has 0 aromatic heterocycles. The number of nitrogens with one attached hydrogen (secondary N) is 1. The summed E-state index contributed by atoms with van der Waals surface area (Å²) >= 11 is 0. The summed E-state index contributed by atoms with van der Waals surface area (Å²) in [5.74, 6) is 5.93. The Balaban J connectivity index is 2.17. The number of hydrogen-bond acceptors (Lipinski definition) is 4. The van der Waals surface area contributed by atoms with Crippen LogP contribution in [0.15, 0.2) is 48.5 Å². The van der Waals surface area contributed by atoms with Crippen LogP contribution in [-0.2, 0) is 11.4 Å². The molecule has 0 saturated carbocycles. The summed E-state index contributed by atoms with van der Waals surface area (Å²) < 4.78 is 11.2. The topological polar surface area (TPSA) is 73.6 Å². The Morgan fingerprint density at radius 1 is 1.22 bits per heavy atom. The number of benzene rings is 2. The summed E-state index contributed by atoms with van der Waals surface area (Å²) in [7, 11) is 1.59. The van der Waals surface area contributed by atoms with E-state index in [0.717, 1.165) is 11.1 Å². The fourth-order valence-corrected chi connectivity index (χ4v) is 2.06. The molecule has 0 radical (unpaired) electrons. The van der Waals surface area contributed by atoms with Crippen LogP contribution in [0.3, 0.4) is 0 Å². The van der Waals surface area contributed by atoms with Gasteiger partial charge in [-0.3, -0.25) is 10.2 Å². The zero-order valence-corrected chi connectivity index (χ0v) is 13.2. The van der Waals surface area contributed by atoms with Crippen molar-refractivity contribution in [2.75, 3.05) is 7.11 Å². The molecule has 0 unspecified atom stereocenters. The SMILES string of the molecule is COc1ccc(/C=C/C(=O)NN)cc1OCc1ccccc1C. The number of aryl methyl sites for hydroxylation is 1. The van der Waals surface area contributed by atoms with Gasteiger partial charge in [-0.15, -0.1) is 0 Å². The van der Waals surface area contributed by atoms with Crippen LogP contribution in [0.25, 0.3) is 6.08 Å². The van der Waals surface area contributed by atoms with Crippen LogP contribution < -0.4 is 20.7 Å². The second kappa shape index (κ2) is 8.00. The molecule has 0 aliphatic carbocycles. The summed E-state index contributed by atoms with van der Waals surface area (Å²) in [6, 6.07) is 13.5. The molecule has 0 atom stereocenters. The maximum absolute atomic E-state index is 11.2. The summed E-state index contributed by atoms with van der Waals surface area (Å²) in [6.07, 6.45) is 3.01. The highest BCUT2D eigenvalue weighted by molar-refractivity contribution is 5.91. The fourth-order valence-electron chi connectivity index (χ4n) is 2.06. The van der Waals surface area contributed by atoms with Gasteiger partial charge in [0.1, 0.15) is 6.61 Å². The number of hydrazine groups is 1. The maximum atomic E-state index is 11.2. The van der Waals surface area contributed by atoms with Crippen molar-refractivity contribution >= 4 is 12.0 Å². The molecule has 120 valence electrons. The fraction of sp³-hybridized carbons (Fsp3) is 0.167. The molecular formula is C18H20N2O3. The molecule has 0 heterocycles. The molecule has 0 aliphatic rings. The van der Waals surface area contributed by atoms with Crippen LogP contribution in [0.4, 0.5) is 0 Å². The Morgan fingerprint density at radius 3 is 2.70 bits per heavy atom. The van der Waals surface area contributed by atoms with E-state index < -0.39 is 0 Å². The molecule has 0 spiro atoms. The van der Waals surface area contributed by atoms with Crippen molar-refractivity contribution in [3.8, 4) is 11.5 Å². The lowest BCUT2D eigenvalue weighted by atomic mass is 10.1. The zero-order valence-electron chi connectivity index (χ0n) is 13.2. The molecule has 2 aromatic carbocycles. The lowest BCUT2D eigenvalue weighted by Gasteiger charge is -2.12. The van der Waals surface area contributed by atoms with Gasteiger partial charge in [0, 0.05) is 6.08 Å². The van der Waals surface area contributed by atoms with Gasteiger partial charge in [0.2, 0.25) is 0 Å². The van der Waals surface area contributed by atoms with E-state index in [0.29, 0.717) is 18.1 Å². The first-order valence-electron chi connectivity index (χ1n) is 7.18. The van der Waals surface area contributed by atoms with Gasteiger partial charge in [0.05, 0.1) is 7.11 Å². The molecule has 0 bridgehead atoms. The van der Waals surface area contributed by atoms with Crippen molar-refractivity contribution in [1.29, 1.82) is 0 Å². The van der Waals surface area contributed by atoms with Gasteiger partial charge in [-0.25, -0.2) is 5.84 Å². The molecule has 2 aromatic rings. The highest BCUT2D eigenvalue weighted by Gasteiger charge is 2.06. The number of rotatable bonds is 6. The van der Waals surface area contributed by atoms with Gasteiger partial charge in [0.25, 0.3) is 5.91 Å². The number of hydrogen-bond donors (Lipinski definition) is 2. The Bertz CT molecular complexity index is 711. The predicted octanol–water partition coefficient (Wildman–Crippen LogP) is 2.59. The first kappa shape index (κ1) is 16.6.